The van der Waals surface area contributed by atoms with Crippen molar-refractivity contribution >= 4 is 15.2 Å². The SMILES string of the molecule is CCCCC(CC)CN(CP(=O)([O-])[O-])CP(=O)([O-])[O-].[K+].[K+]. The van der Waals surface area contributed by atoms with Gasteiger partial charge in [-0.25, -0.2) is 0 Å². The molecule has 7 nitrogen and oxygen atoms in total. The van der Waals surface area contributed by atoms with Crippen LogP contribution in [0, 0.1) is 5.92 Å². The Bertz CT molecular complexity index is 324. The Morgan fingerprint density at radius 2 is 1.38 bits per heavy atom. The number of rotatable bonds is 10. The fourth-order valence-corrected chi connectivity index (χ4v) is 3.50. The van der Waals surface area contributed by atoms with Crippen LogP contribution in [0.15, 0.2) is 0 Å². The van der Waals surface area contributed by atoms with E-state index in [1.807, 2.05) is 13.8 Å². The molecule has 0 aromatic heterocycles. The van der Waals surface area contributed by atoms with Crippen molar-refractivity contribution in [3.05, 3.63) is 0 Å². The largest absolute Gasteiger partial charge is 1.00 e. The van der Waals surface area contributed by atoms with Gasteiger partial charge < -0.3 is 28.7 Å². The van der Waals surface area contributed by atoms with E-state index in [0.717, 1.165) is 30.6 Å². The maximum absolute atomic E-state index is 10.7. The molecule has 0 amide bonds. The molecule has 0 spiro atoms. The normalized spacial score (nSPS) is 13.5. The maximum Gasteiger partial charge on any atom is 1.00 e. The summed E-state index contributed by atoms with van der Waals surface area (Å²) in [6.45, 7) is 4.05. The molecule has 21 heavy (non-hydrogen) atoms. The van der Waals surface area contributed by atoms with E-state index in [1.54, 1.807) is 0 Å². The van der Waals surface area contributed by atoms with Crippen molar-refractivity contribution in [2.45, 2.75) is 39.5 Å². The molecule has 0 radical (unpaired) electrons. The molecule has 0 aromatic carbocycles. The number of hydrogen-bond acceptors (Lipinski definition) is 7. The van der Waals surface area contributed by atoms with Crippen LogP contribution in [-0.4, -0.2) is 24.0 Å². The van der Waals surface area contributed by atoms with E-state index < -0.39 is 27.8 Å². The van der Waals surface area contributed by atoms with Crippen LogP contribution in [0.5, 0.6) is 0 Å². The second-order valence-electron chi connectivity index (χ2n) is 4.77. The quantitative estimate of drug-likeness (QED) is 0.267. The van der Waals surface area contributed by atoms with Gasteiger partial charge in [0.25, 0.3) is 0 Å². The summed E-state index contributed by atoms with van der Waals surface area (Å²) in [6, 6.07) is 0. The number of nitrogens with zero attached hydrogens (tertiary/aromatic N) is 1. The monoisotopic (exact) mass is 391 g/mol. The molecule has 0 heterocycles. The Hall–Kier alpha value is 3.53. The predicted octanol–water partition coefficient (Wildman–Crippen LogP) is -6.74. The average molecular weight is 391 g/mol. The minimum atomic E-state index is -4.87. The molecule has 0 aromatic rings. The molecular formula is C10H21K2NO6P2-2. The molecule has 1 atom stereocenters. The topological polar surface area (TPSA) is 130 Å². The average Bonchev–Trinajstić information content (AvgIpc) is 2.19. The molecule has 0 aliphatic heterocycles. The second-order valence-corrected chi connectivity index (χ2v) is 7.78. The van der Waals surface area contributed by atoms with Crippen molar-refractivity contribution in [1.29, 1.82) is 0 Å². The third-order valence-corrected chi connectivity index (χ3v) is 4.30. The second kappa shape index (κ2) is 14.7. The van der Waals surface area contributed by atoms with Crippen LogP contribution in [0.1, 0.15) is 39.5 Å². The Morgan fingerprint density at radius 3 is 1.67 bits per heavy atom. The zero-order valence-electron chi connectivity index (χ0n) is 13.3. The summed E-state index contributed by atoms with van der Waals surface area (Å²) in [5.74, 6) is 0.0815. The molecule has 116 valence electrons. The Labute approximate surface area is 212 Å². The summed E-state index contributed by atoms with van der Waals surface area (Å²) >= 11 is 0. The van der Waals surface area contributed by atoms with E-state index in [1.165, 1.54) is 0 Å². The molecule has 0 bridgehead atoms. The van der Waals surface area contributed by atoms with Gasteiger partial charge in [0, 0.05) is 19.1 Å². The van der Waals surface area contributed by atoms with Gasteiger partial charge in [-0.15, -0.1) is 0 Å². The summed E-state index contributed by atoms with van der Waals surface area (Å²) in [5.41, 5.74) is 0. The van der Waals surface area contributed by atoms with Crippen LogP contribution in [0.2, 0.25) is 0 Å². The van der Waals surface area contributed by atoms with Crippen LogP contribution in [0.3, 0.4) is 0 Å². The summed E-state index contributed by atoms with van der Waals surface area (Å²) in [4.78, 5) is 43.9. The van der Waals surface area contributed by atoms with E-state index in [4.69, 9.17) is 0 Å². The van der Waals surface area contributed by atoms with Gasteiger partial charge in [-0.2, -0.15) is 0 Å². The number of unbranched alkanes of at least 4 members (excludes halogenated alkanes) is 1. The summed E-state index contributed by atoms with van der Waals surface area (Å²) in [5, 5.41) is 0. The Kier molecular flexibility index (Phi) is 20.5. The van der Waals surface area contributed by atoms with E-state index in [0.29, 0.717) is 0 Å². The van der Waals surface area contributed by atoms with Gasteiger partial charge in [-0.05, 0) is 12.3 Å². The standard InChI is InChI=1S/C10H25NO6P2.2K/c1-3-5-6-10(4-2)7-11(8-18(12,13)14)9-19(15,16)17;;/h10H,3-9H2,1-2H3,(H2,12,13,14)(H2,15,16,17);;/q;2*+1/p-4. The Morgan fingerprint density at radius 1 is 0.952 bits per heavy atom. The third kappa shape index (κ3) is 19.7. The zero-order valence-corrected chi connectivity index (χ0v) is 21.4. The first-order valence-electron chi connectivity index (χ1n) is 6.32. The molecule has 0 rings (SSSR count). The van der Waals surface area contributed by atoms with Crippen LogP contribution in [-0.2, 0) is 9.13 Å². The molecule has 0 aliphatic rings. The first-order valence-corrected chi connectivity index (χ1v) is 9.77. The van der Waals surface area contributed by atoms with E-state index >= 15 is 0 Å². The van der Waals surface area contributed by atoms with Crippen LogP contribution < -0.4 is 122 Å². The van der Waals surface area contributed by atoms with Crippen molar-refractivity contribution in [2.75, 3.05) is 19.1 Å². The fourth-order valence-electron chi connectivity index (χ4n) is 1.93. The summed E-state index contributed by atoms with van der Waals surface area (Å²) in [6.07, 6.45) is 1.63. The summed E-state index contributed by atoms with van der Waals surface area (Å²) in [7, 11) is -9.75. The molecular weight excluding hydrogens is 370 g/mol. The molecule has 0 aliphatic carbocycles. The first-order chi connectivity index (χ1) is 8.57. The fraction of sp³-hybridized carbons (Fsp3) is 1.00. The van der Waals surface area contributed by atoms with Crippen LogP contribution in [0.4, 0.5) is 0 Å². The molecule has 0 saturated carbocycles. The van der Waals surface area contributed by atoms with Gasteiger partial charge in [0.05, 0.1) is 0 Å². The third-order valence-electron chi connectivity index (χ3n) is 2.81. The van der Waals surface area contributed by atoms with Gasteiger partial charge in [0.15, 0.2) is 0 Å². The number of hydrogen-bond donors (Lipinski definition) is 0. The maximum atomic E-state index is 10.7. The van der Waals surface area contributed by atoms with Gasteiger partial charge in [-0.3, -0.25) is 4.90 Å². The minimum absolute atomic E-state index is 0. The van der Waals surface area contributed by atoms with Crippen molar-refractivity contribution < 1.29 is 131 Å². The van der Waals surface area contributed by atoms with Gasteiger partial charge in [-0.1, -0.05) is 48.3 Å². The van der Waals surface area contributed by atoms with Crippen molar-refractivity contribution in [1.82, 2.24) is 4.90 Å². The predicted molar refractivity (Wildman–Crippen MR) is 65.0 cm³/mol. The van der Waals surface area contributed by atoms with Crippen molar-refractivity contribution in [2.24, 2.45) is 5.92 Å². The Balaban J connectivity index is -0.00000162. The van der Waals surface area contributed by atoms with Crippen LogP contribution in [0.25, 0.3) is 0 Å². The molecule has 0 saturated heterocycles. The molecule has 11 heteroatoms. The molecule has 1 unspecified atom stereocenters. The smallest absolute Gasteiger partial charge is 0.810 e. The van der Waals surface area contributed by atoms with Gasteiger partial charge in [0.2, 0.25) is 0 Å². The van der Waals surface area contributed by atoms with E-state index in [-0.39, 0.29) is 115 Å². The van der Waals surface area contributed by atoms with Gasteiger partial charge in [0.1, 0.15) is 0 Å². The van der Waals surface area contributed by atoms with E-state index in [9.17, 15) is 28.7 Å². The molecule has 0 N–H and O–H groups in total. The first kappa shape index (κ1) is 29.3. The minimum Gasteiger partial charge on any atom is -0.810 e. The van der Waals surface area contributed by atoms with Crippen LogP contribution >= 0.6 is 15.2 Å². The van der Waals surface area contributed by atoms with E-state index in [2.05, 4.69) is 0 Å². The van der Waals surface area contributed by atoms with Crippen molar-refractivity contribution in [3.63, 3.8) is 0 Å². The van der Waals surface area contributed by atoms with Gasteiger partial charge >= 0.3 is 103 Å². The van der Waals surface area contributed by atoms with Crippen molar-refractivity contribution in [3.8, 4) is 0 Å². The summed E-state index contributed by atoms with van der Waals surface area (Å²) < 4.78 is 21.5. The molecule has 0 fully saturated rings. The zero-order chi connectivity index (χ0) is 15.1.